The monoisotopic (exact) mass is 244 g/mol. The van der Waals surface area contributed by atoms with Crippen LogP contribution in [0.5, 0.6) is 0 Å². The van der Waals surface area contributed by atoms with Gasteiger partial charge in [0, 0.05) is 20.2 Å². The minimum Gasteiger partial charge on any atom is -0.480 e. The van der Waals surface area contributed by atoms with E-state index in [4.69, 9.17) is 9.84 Å². The van der Waals surface area contributed by atoms with Crippen LogP contribution in [-0.4, -0.2) is 53.8 Å². The van der Waals surface area contributed by atoms with Gasteiger partial charge in [-0.15, -0.1) is 0 Å². The van der Waals surface area contributed by atoms with Gasteiger partial charge in [0.25, 0.3) is 0 Å². The number of hydrogen-bond acceptors (Lipinski definition) is 3. The van der Waals surface area contributed by atoms with Gasteiger partial charge < -0.3 is 20.1 Å². The van der Waals surface area contributed by atoms with E-state index in [1.54, 1.807) is 0 Å². The second kappa shape index (κ2) is 5.35. The first-order valence-corrected chi connectivity index (χ1v) is 5.73. The van der Waals surface area contributed by atoms with Crippen LogP contribution in [-0.2, 0) is 9.53 Å². The second-order valence-corrected chi connectivity index (χ2v) is 4.69. The highest BCUT2D eigenvalue weighted by Crippen LogP contribution is 2.23. The summed E-state index contributed by atoms with van der Waals surface area (Å²) in [6, 6.07) is -1.23. The standard InChI is InChI=1S/C11H20N2O4/c1-8(9(14)15)13(3)10(16)12-7-11(2)5-4-6-17-11/h8H,4-7H2,1-3H3,(H,12,16)(H,14,15). The number of urea groups is 1. The number of nitrogens with one attached hydrogen (secondary N) is 1. The maximum Gasteiger partial charge on any atom is 0.326 e. The van der Waals surface area contributed by atoms with Gasteiger partial charge in [-0.2, -0.15) is 0 Å². The highest BCUT2D eigenvalue weighted by Gasteiger charge is 2.31. The molecule has 1 aliphatic heterocycles. The first-order chi connectivity index (χ1) is 7.86. The smallest absolute Gasteiger partial charge is 0.326 e. The van der Waals surface area contributed by atoms with Crippen molar-refractivity contribution in [2.24, 2.45) is 0 Å². The average Bonchev–Trinajstić information content (AvgIpc) is 2.71. The summed E-state index contributed by atoms with van der Waals surface area (Å²) in [5.41, 5.74) is -0.317. The molecule has 2 atom stereocenters. The van der Waals surface area contributed by atoms with Crippen molar-refractivity contribution < 1.29 is 19.4 Å². The van der Waals surface area contributed by atoms with Gasteiger partial charge in [0.05, 0.1) is 5.60 Å². The molecule has 0 aromatic heterocycles. The Morgan fingerprint density at radius 2 is 2.24 bits per heavy atom. The third-order valence-electron chi connectivity index (χ3n) is 3.17. The predicted molar refractivity (Wildman–Crippen MR) is 61.9 cm³/mol. The lowest BCUT2D eigenvalue weighted by molar-refractivity contribution is -0.141. The minimum atomic E-state index is -1.02. The van der Waals surface area contributed by atoms with Gasteiger partial charge in [-0.1, -0.05) is 0 Å². The van der Waals surface area contributed by atoms with E-state index in [2.05, 4.69) is 5.32 Å². The Kier molecular flexibility index (Phi) is 4.34. The van der Waals surface area contributed by atoms with E-state index in [0.717, 1.165) is 12.8 Å². The summed E-state index contributed by atoms with van der Waals surface area (Å²) >= 11 is 0. The van der Waals surface area contributed by atoms with Gasteiger partial charge in [-0.3, -0.25) is 0 Å². The maximum atomic E-state index is 11.7. The first-order valence-electron chi connectivity index (χ1n) is 5.73. The van der Waals surface area contributed by atoms with Crippen molar-refractivity contribution in [1.82, 2.24) is 10.2 Å². The van der Waals surface area contributed by atoms with Gasteiger partial charge in [0.2, 0.25) is 0 Å². The van der Waals surface area contributed by atoms with E-state index in [0.29, 0.717) is 13.2 Å². The number of amides is 2. The van der Waals surface area contributed by atoms with E-state index < -0.39 is 18.0 Å². The molecule has 1 fully saturated rings. The van der Waals surface area contributed by atoms with Crippen LogP contribution in [0.1, 0.15) is 26.7 Å². The van der Waals surface area contributed by atoms with Crippen molar-refractivity contribution in [2.45, 2.75) is 38.3 Å². The van der Waals surface area contributed by atoms with Gasteiger partial charge >= 0.3 is 12.0 Å². The van der Waals surface area contributed by atoms with E-state index in [1.807, 2.05) is 6.92 Å². The summed E-state index contributed by atoms with van der Waals surface area (Å²) in [6.45, 7) is 4.53. The lowest BCUT2D eigenvalue weighted by atomic mass is 10.0. The van der Waals surface area contributed by atoms with Crippen LogP contribution in [0, 0.1) is 0 Å². The molecule has 0 radical (unpaired) electrons. The third kappa shape index (κ3) is 3.59. The van der Waals surface area contributed by atoms with Crippen molar-refractivity contribution in [3.8, 4) is 0 Å². The van der Waals surface area contributed by atoms with Crippen molar-refractivity contribution in [3.63, 3.8) is 0 Å². The largest absolute Gasteiger partial charge is 0.480 e. The van der Waals surface area contributed by atoms with E-state index in [9.17, 15) is 9.59 Å². The molecule has 2 N–H and O–H groups in total. The molecule has 0 spiro atoms. The summed E-state index contributed by atoms with van der Waals surface area (Å²) in [6.07, 6.45) is 1.90. The second-order valence-electron chi connectivity index (χ2n) is 4.69. The molecule has 2 unspecified atom stereocenters. The van der Waals surface area contributed by atoms with Gasteiger partial charge in [-0.05, 0) is 26.7 Å². The molecule has 1 rings (SSSR count). The molecule has 1 heterocycles. The topological polar surface area (TPSA) is 78.9 Å². The predicted octanol–water partition coefficient (Wildman–Crippen LogP) is 0.670. The molecule has 0 aliphatic carbocycles. The SMILES string of the molecule is CC(C(=O)O)N(C)C(=O)NCC1(C)CCCO1. The Morgan fingerprint density at radius 3 is 2.71 bits per heavy atom. The van der Waals surface area contributed by atoms with Crippen LogP contribution in [0.15, 0.2) is 0 Å². The Labute approximate surface area is 101 Å². The Bertz CT molecular complexity index is 300. The number of carboxylic acids is 1. The number of hydrogen-bond donors (Lipinski definition) is 2. The number of carbonyl (C=O) groups excluding carboxylic acids is 1. The molecule has 0 bridgehead atoms. The quantitative estimate of drug-likeness (QED) is 0.762. The average molecular weight is 244 g/mol. The van der Waals surface area contributed by atoms with E-state index >= 15 is 0 Å². The molecule has 1 saturated heterocycles. The summed E-state index contributed by atoms with van der Waals surface area (Å²) in [7, 11) is 1.46. The van der Waals surface area contributed by atoms with Crippen molar-refractivity contribution in [3.05, 3.63) is 0 Å². The fourth-order valence-corrected chi connectivity index (χ4v) is 1.71. The third-order valence-corrected chi connectivity index (χ3v) is 3.17. The van der Waals surface area contributed by atoms with Crippen molar-refractivity contribution >= 4 is 12.0 Å². The van der Waals surface area contributed by atoms with E-state index in [-0.39, 0.29) is 5.60 Å². The number of likely N-dealkylation sites (N-methyl/N-ethyl adjacent to an activating group) is 1. The first kappa shape index (κ1) is 13.8. The van der Waals surface area contributed by atoms with Crippen LogP contribution in [0.3, 0.4) is 0 Å². The van der Waals surface area contributed by atoms with Crippen molar-refractivity contribution in [2.75, 3.05) is 20.2 Å². The van der Waals surface area contributed by atoms with Crippen LogP contribution >= 0.6 is 0 Å². The minimum absolute atomic E-state index is 0.317. The lowest BCUT2D eigenvalue weighted by Crippen LogP contribution is -2.49. The number of ether oxygens (including phenoxy) is 1. The summed E-state index contributed by atoms with van der Waals surface area (Å²) in [5.74, 6) is -1.02. The van der Waals surface area contributed by atoms with Crippen LogP contribution in [0.2, 0.25) is 0 Å². The highest BCUT2D eigenvalue weighted by molar-refractivity contribution is 5.82. The fourth-order valence-electron chi connectivity index (χ4n) is 1.71. The maximum absolute atomic E-state index is 11.7. The van der Waals surface area contributed by atoms with E-state index in [1.165, 1.54) is 18.9 Å². The molecule has 0 aromatic carbocycles. The molecule has 17 heavy (non-hydrogen) atoms. The summed E-state index contributed by atoms with van der Waals surface area (Å²) < 4.78 is 5.53. The Balaban J connectivity index is 2.41. The molecule has 98 valence electrons. The number of carbonyl (C=O) groups is 2. The zero-order chi connectivity index (χ0) is 13.1. The van der Waals surface area contributed by atoms with Crippen LogP contribution in [0.25, 0.3) is 0 Å². The molecule has 0 aromatic rings. The Hall–Kier alpha value is -1.30. The normalized spacial score (nSPS) is 25.4. The van der Waals surface area contributed by atoms with Gasteiger partial charge in [-0.25, -0.2) is 9.59 Å². The molecule has 6 nitrogen and oxygen atoms in total. The molecule has 1 aliphatic rings. The number of nitrogens with zero attached hydrogens (tertiary/aromatic N) is 1. The zero-order valence-electron chi connectivity index (χ0n) is 10.5. The summed E-state index contributed by atoms with van der Waals surface area (Å²) in [5, 5.41) is 11.5. The molecule has 0 saturated carbocycles. The number of rotatable bonds is 4. The molecular weight excluding hydrogens is 224 g/mol. The molecular formula is C11H20N2O4. The molecule has 6 heteroatoms. The number of aliphatic carboxylic acids is 1. The zero-order valence-corrected chi connectivity index (χ0v) is 10.5. The van der Waals surface area contributed by atoms with Crippen molar-refractivity contribution in [1.29, 1.82) is 0 Å². The number of carboxylic acid groups (broad SMARTS) is 1. The fraction of sp³-hybridized carbons (Fsp3) is 0.818. The summed E-state index contributed by atoms with van der Waals surface area (Å²) in [4.78, 5) is 23.6. The molecule has 2 amide bonds. The van der Waals surface area contributed by atoms with Crippen LogP contribution < -0.4 is 5.32 Å². The highest BCUT2D eigenvalue weighted by atomic mass is 16.5. The van der Waals surface area contributed by atoms with Crippen LogP contribution in [0.4, 0.5) is 4.79 Å². The lowest BCUT2D eigenvalue weighted by Gasteiger charge is -2.27. The Morgan fingerprint density at radius 1 is 1.59 bits per heavy atom. The van der Waals surface area contributed by atoms with Gasteiger partial charge in [0.15, 0.2) is 0 Å². The van der Waals surface area contributed by atoms with Gasteiger partial charge in [0.1, 0.15) is 6.04 Å².